The van der Waals surface area contributed by atoms with E-state index in [0.717, 1.165) is 36.8 Å². The molecule has 1 heterocycles. The highest BCUT2D eigenvalue weighted by Gasteiger charge is 2.16. The molecule has 4 rings (SSSR count). The van der Waals surface area contributed by atoms with Gasteiger partial charge in [-0.2, -0.15) is 5.10 Å². The fraction of sp³-hybridized carbons (Fsp3) is 0.600. The summed E-state index contributed by atoms with van der Waals surface area (Å²) in [6, 6.07) is 10.9. The number of unbranched alkanes of at least 4 members (excludes halogenated alkanes) is 6. The van der Waals surface area contributed by atoms with Gasteiger partial charge in [-0.25, -0.2) is 4.98 Å². The minimum Gasteiger partial charge on any atom is -0.352 e. The van der Waals surface area contributed by atoms with Crippen molar-refractivity contribution in [1.82, 2.24) is 15.6 Å². The van der Waals surface area contributed by atoms with Gasteiger partial charge in [-0.05, 0) is 54.5 Å². The summed E-state index contributed by atoms with van der Waals surface area (Å²) < 4.78 is 0. The Morgan fingerprint density at radius 2 is 1.24 bits per heavy atom. The summed E-state index contributed by atoms with van der Waals surface area (Å²) >= 11 is 0. The van der Waals surface area contributed by atoms with E-state index in [1.807, 2.05) is 24.3 Å². The highest BCUT2D eigenvalue weighted by atomic mass is 16.2. The van der Waals surface area contributed by atoms with Crippen molar-refractivity contribution in [3.63, 3.8) is 0 Å². The molecule has 0 bridgehead atoms. The van der Waals surface area contributed by atoms with E-state index in [-0.39, 0.29) is 11.8 Å². The maximum atomic E-state index is 12.4. The molecule has 7 nitrogen and oxygen atoms in total. The van der Waals surface area contributed by atoms with Crippen molar-refractivity contribution in [2.24, 2.45) is 16.9 Å². The molecule has 42 heavy (non-hydrogen) atoms. The van der Waals surface area contributed by atoms with E-state index in [9.17, 15) is 9.59 Å². The number of nitrogens with one attached hydrogen (secondary N) is 3. The predicted octanol–water partition coefficient (Wildman–Crippen LogP) is 7.88. The Hall–Kier alpha value is -3.22. The van der Waals surface area contributed by atoms with Crippen LogP contribution < -0.4 is 16.1 Å². The number of amides is 2. The molecule has 2 aromatic rings. The number of carbonyl (C=O) groups excluding carboxylic acids is 2. The van der Waals surface area contributed by atoms with Crippen LogP contribution in [0.4, 0.5) is 5.82 Å². The van der Waals surface area contributed by atoms with Crippen LogP contribution in [0.2, 0.25) is 0 Å². The zero-order valence-corrected chi connectivity index (χ0v) is 25.4. The summed E-state index contributed by atoms with van der Waals surface area (Å²) in [7, 11) is 0. The van der Waals surface area contributed by atoms with Crippen molar-refractivity contribution < 1.29 is 9.59 Å². The van der Waals surface area contributed by atoms with Crippen LogP contribution in [-0.2, 0) is 0 Å². The van der Waals surface area contributed by atoms with E-state index in [2.05, 4.69) is 26.1 Å². The van der Waals surface area contributed by atoms with Crippen LogP contribution >= 0.6 is 0 Å². The molecule has 2 amide bonds. The molecule has 0 atom stereocenters. The van der Waals surface area contributed by atoms with E-state index >= 15 is 0 Å². The number of benzene rings is 1. The smallest absolute Gasteiger partial charge is 0.252 e. The van der Waals surface area contributed by atoms with Crippen LogP contribution in [0.15, 0.2) is 47.7 Å². The third-order valence-corrected chi connectivity index (χ3v) is 8.94. The molecule has 0 spiro atoms. The number of rotatable bonds is 19. The number of hydrazone groups is 1. The topological polar surface area (TPSA) is 95.5 Å². The molecule has 0 radical (unpaired) electrons. The van der Waals surface area contributed by atoms with Gasteiger partial charge in [0.2, 0.25) is 0 Å². The van der Waals surface area contributed by atoms with Gasteiger partial charge >= 0.3 is 0 Å². The highest BCUT2D eigenvalue weighted by molar-refractivity contribution is 5.95. The lowest BCUT2D eigenvalue weighted by Gasteiger charge is -2.24. The highest BCUT2D eigenvalue weighted by Crippen LogP contribution is 2.31. The zero-order chi connectivity index (χ0) is 29.2. The summed E-state index contributed by atoms with van der Waals surface area (Å²) in [5.74, 6) is 2.40. The summed E-state index contributed by atoms with van der Waals surface area (Å²) in [6.45, 7) is 1.43. The van der Waals surface area contributed by atoms with Crippen LogP contribution in [0.5, 0.6) is 0 Å². The first-order valence-electron chi connectivity index (χ1n) is 16.6. The molecule has 0 saturated heterocycles. The number of anilines is 1. The second-order valence-corrected chi connectivity index (χ2v) is 12.3. The van der Waals surface area contributed by atoms with Gasteiger partial charge in [0, 0.05) is 24.8 Å². The molecule has 0 aliphatic heterocycles. The van der Waals surface area contributed by atoms with Gasteiger partial charge in [0.25, 0.3) is 11.8 Å². The van der Waals surface area contributed by atoms with Gasteiger partial charge in [0.1, 0.15) is 5.82 Å². The number of hydrogen-bond donors (Lipinski definition) is 3. The van der Waals surface area contributed by atoms with E-state index < -0.39 is 0 Å². The van der Waals surface area contributed by atoms with E-state index in [0.29, 0.717) is 23.5 Å². The third-order valence-electron chi connectivity index (χ3n) is 8.94. The van der Waals surface area contributed by atoms with Crippen molar-refractivity contribution in [3.05, 3.63) is 59.3 Å². The molecule has 1 aromatic carbocycles. The van der Waals surface area contributed by atoms with Crippen LogP contribution in [0.25, 0.3) is 0 Å². The second kappa shape index (κ2) is 18.3. The molecule has 2 saturated carbocycles. The monoisotopic (exact) mass is 573 g/mol. The largest absolute Gasteiger partial charge is 0.352 e. The molecular weight excluding hydrogens is 522 g/mol. The lowest BCUT2D eigenvalue weighted by atomic mass is 9.82. The Balaban J connectivity index is 1.05. The van der Waals surface area contributed by atoms with Crippen LogP contribution in [0.1, 0.15) is 135 Å². The number of pyridine rings is 1. The van der Waals surface area contributed by atoms with Crippen LogP contribution in [0.3, 0.4) is 0 Å². The number of carbonyl (C=O) groups is 2. The van der Waals surface area contributed by atoms with E-state index in [1.165, 1.54) is 96.3 Å². The first kappa shape index (κ1) is 31.7. The molecule has 3 N–H and O–H groups in total. The maximum Gasteiger partial charge on any atom is 0.252 e. The average Bonchev–Trinajstić information content (AvgIpc) is 3.51. The SMILES string of the molecule is O=C(NCCCCCCCC1CCC1)c1ccc(NN=Cc2ccc(C(=O)NCCCCCC3CCCC3)cc2)nc1. The average molecular weight is 574 g/mol. The fourth-order valence-electron chi connectivity index (χ4n) is 6.00. The van der Waals surface area contributed by atoms with Crippen molar-refractivity contribution in [2.75, 3.05) is 18.5 Å². The molecule has 0 unspecified atom stereocenters. The quantitative estimate of drug-likeness (QED) is 0.0905. The first-order chi connectivity index (χ1) is 20.7. The van der Waals surface area contributed by atoms with Gasteiger partial charge in [0.05, 0.1) is 11.8 Å². The Kier molecular flexibility index (Phi) is 13.9. The van der Waals surface area contributed by atoms with Crippen molar-refractivity contribution in [3.8, 4) is 0 Å². The van der Waals surface area contributed by atoms with Gasteiger partial charge in [-0.1, -0.05) is 108 Å². The number of hydrogen-bond acceptors (Lipinski definition) is 5. The molecule has 228 valence electrons. The minimum atomic E-state index is -0.0917. The lowest BCUT2D eigenvalue weighted by molar-refractivity contribution is 0.0944. The summed E-state index contributed by atoms with van der Waals surface area (Å²) in [4.78, 5) is 29.1. The van der Waals surface area contributed by atoms with Gasteiger partial charge in [0.15, 0.2) is 0 Å². The molecule has 7 heteroatoms. The van der Waals surface area contributed by atoms with Crippen molar-refractivity contribution in [2.45, 2.75) is 109 Å². The molecule has 2 aliphatic rings. The maximum absolute atomic E-state index is 12.4. The van der Waals surface area contributed by atoms with E-state index in [1.54, 1.807) is 24.5 Å². The van der Waals surface area contributed by atoms with Gasteiger partial charge in [-0.15, -0.1) is 0 Å². The summed E-state index contributed by atoms with van der Waals surface area (Å²) in [6.07, 6.45) is 25.6. The molecule has 2 fully saturated rings. The van der Waals surface area contributed by atoms with Crippen LogP contribution in [-0.4, -0.2) is 36.1 Å². The standard InChI is InChI=1S/C35H51N5O2/c41-34(36-25-10-4-6-13-28-14-7-8-15-28)31-20-18-30(19-21-31)26-39-40-33-23-22-32(27-38-33)35(42)37-24-9-3-1-2-5-12-29-16-11-17-29/h18-23,26-29H,1-17,24-25H2,(H,36,41)(H,37,42)(H,38,40). The Labute approximate surface area is 252 Å². The second-order valence-electron chi connectivity index (χ2n) is 12.3. The number of aromatic nitrogens is 1. The Bertz CT molecular complexity index is 1090. The Morgan fingerprint density at radius 1 is 0.690 bits per heavy atom. The zero-order valence-electron chi connectivity index (χ0n) is 25.4. The first-order valence-corrected chi connectivity index (χ1v) is 16.6. The molecule has 2 aliphatic carbocycles. The summed E-state index contributed by atoms with van der Waals surface area (Å²) in [5.41, 5.74) is 4.97. The number of nitrogens with zero attached hydrogens (tertiary/aromatic N) is 2. The van der Waals surface area contributed by atoms with Crippen molar-refractivity contribution in [1.29, 1.82) is 0 Å². The van der Waals surface area contributed by atoms with Crippen LogP contribution in [0, 0.1) is 11.8 Å². The summed E-state index contributed by atoms with van der Waals surface area (Å²) in [5, 5.41) is 10.3. The third kappa shape index (κ3) is 11.6. The van der Waals surface area contributed by atoms with Crippen molar-refractivity contribution >= 4 is 23.8 Å². The normalized spacial score (nSPS) is 15.5. The predicted molar refractivity (Wildman–Crippen MR) is 172 cm³/mol. The Morgan fingerprint density at radius 3 is 1.83 bits per heavy atom. The molecule has 1 aromatic heterocycles. The van der Waals surface area contributed by atoms with Gasteiger partial charge < -0.3 is 10.6 Å². The fourth-order valence-corrected chi connectivity index (χ4v) is 6.00. The lowest BCUT2D eigenvalue weighted by Crippen LogP contribution is -2.24. The van der Waals surface area contributed by atoms with E-state index in [4.69, 9.17) is 0 Å². The molecular formula is C35H51N5O2. The van der Waals surface area contributed by atoms with Gasteiger partial charge in [-0.3, -0.25) is 15.0 Å². The minimum absolute atomic E-state index is 0.0322.